The van der Waals surface area contributed by atoms with E-state index in [2.05, 4.69) is 17.4 Å². The number of likely N-dealkylation sites (tertiary alicyclic amines) is 1. The second kappa shape index (κ2) is 10.5. The van der Waals surface area contributed by atoms with Gasteiger partial charge in [0.1, 0.15) is 18.7 Å². The largest absolute Gasteiger partial charge is 0.480 e. The summed E-state index contributed by atoms with van der Waals surface area (Å²) in [5, 5.41) is 12.3. The topological polar surface area (TPSA) is 105 Å². The van der Waals surface area contributed by atoms with Crippen molar-refractivity contribution in [2.24, 2.45) is 5.92 Å². The highest BCUT2D eigenvalue weighted by atomic mass is 16.5. The normalized spacial score (nSPS) is 20.6. The van der Waals surface area contributed by atoms with Crippen LogP contribution >= 0.6 is 0 Å². The smallest absolute Gasteiger partial charge is 0.407 e. The average Bonchev–Trinajstić information content (AvgIpc) is 3.45. The number of hydrogen-bond donors (Lipinski definition) is 2. The van der Waals surface area contributed by atoms with Crippen LogP contribution in [0, 0.1) is 5.92 Å². The van der Waals surface area contributed by atoms with E-state index in [1.165, 1.54) is 12.0 Å². The molecule has 0 bridgehead atoms. The first-order valence-electron chi connectivity index (χ1n) is 12.0. The molecular formula is C27H32N2O6. The van der Waals surface area contributed by atoms with E-state index in [9.17, 15) is 19.5 Å². The molecule has 4 atom stereocenters. The van der Waals surface area contributed by atoms with E-state index in [1.54, 1.807) is 0 Å². The molecule has 1 aliphatic heterocycles. The zero-order valence-corrected chi connectivity index (χ0v) is 20.3. The van der Waals surface area contributed by atoms with Gasteiger partial charge in [-0.15, -0.1) is 0 Å². The van der Waals surface area contributed by atoms with Crippen LogP contribution in [0.15, 0.2) is 48.5 Å². The summed E-state index contributed by atoms with van der Waals surface area (Å²) < 4.78 is 10.9. The van der Waals surface area contributed by atoms with Gasteiger partial charge in [0.2, 0.25) is 5.91 Å². The minimum absolute atomic E-state index is 0.0941. The molecule has 8 heteroatoms. The Labute approximate surface area is 205 Å². The number of fused-ring (bicyclic) bond motifs is 3. The quantitative estimate of drug-likeness (QED) is 0.598. The molecule has 1 aliphatic carbocycles. The first-order valence-corrected chi connectivity index (χ1v) is 12.0. The van der Waals surface area contributed by atoms with Crippen LogP contribution in [0.3, 0.4) is 0 Å². The Morgan fingerprint density at radius 3 is 2.23 bits per heavy atom. The van der Waals surface area contributed by atoms with Crippen molar-refractivity contribution in [3.63, 3.8) is 0 Å². The highest BCUT2D eigenvalue weighted by Crippen LogP contribution is 2.44. The highest BCUT2D eigenvalue weighted by molar-refractivity contribution is 5.90. The van der Waals surface area contributed by atoms with E-state index in [0.717, 1.165) is 22.3 Å². The molecule has 2 unspecified atom stereocenters. The van der Waals surface area contributed by atoms with E-state index < -0.39 is 30.1 Å². The summed E-state index contributed by atoms with van der Waals surface area (Å²) in [5.74, 6) is -1.82. The molecule has 4 rings (SSSR count). The number of benzene rings is 2. The number of carbonyl (C=O) groups is 3. The van der Waals surface area contributed by atoms with E-state index in [1.807, 2.05) is 50.2 Å². The van der Waals surface area contributed by atoms with Crippen LogP contribution in [0.25, 0.3) is 11.1 Å². The maximum absolute atomic E-state index is 13.4. The van der Waals surface area contributed by atoms with E-state index in [-0.39, 0.29) is 37.5 Å². The molecule has 0 aromatic heterocycles. The molecule has 1 fully saturated rings. The Morgan fingerprint density at radius 2 is 1.69 bits per heavy atom. The van der Waals surface area contributed by atoms with Gasteiger partial charge in [0.15, 0.2) is 0 Å². The van der Waals surface area contributed by atoms with Crippen LogP contribution < -0.4 is 5.32 Å². The first kappa shape index (κ1) is 24.7. The number of carboxylic acid groups (broad SMARTS) is 1. The summed E-state index contributed by atoms with van der Waals surface area (Å²) in [6.07, 6.45) is -0.207. The zero-order chi connectivity index (χ0) is 25.1. The predicted molar refractivity (Wildman–Crippen MR) is 130 cm³/mol. The fourth-order valence-corrected chi connectivity index (χ4v) is 5.07. The van der Waals surface area contributed by atoms with Gasteiger partial charge in [-0.3, -0.25) is 4.79 Å². The average molecular weight is 481 g/mol. The van der Waals surface area contributed by atoms with Gasteiger partial charge < -0.3 is 24.8 Å². The Kier molecular flexibility index (Phi) is 7.40. The van der Waals surface area contributed by atoms with Gasteiger partial charge >= 0.3 is 12.1 Å². The molecule has 0 radical (unpaired) electrons. The summed E-state index contributed by atoms with van der Waals surface area (Å²) in [6, 6.07) is 14.3. The predicted octanol–water partition coefficient (Wildman–Crippen LogP) is 3.64. The van der Waals surface area contributed by atoms with Gasteiger partial charge in [0.25, 0.3) is 0 Å². The fourth-order valence-electron chi connectivity index (χ4n) is 5.07. The number of amides is 2. The van der Waals surface area contributed by atoms with Crippen LogP contribution in [0.2, 0.25) is 0 Å². The second-order valence-electron chi connectivity index (χ2n) is 9.27. The lowest BCUT2D eigenvalue weighted by atomic mass is 9.97. The van der Waals surface area contributed by atoms with Crippen LogP contribution in [-0.4, -0.2) is 66.4 Å². The number of nitrogens with one attached hydrogen (secondary N) is 1. The van der Waals surface area contributed by atoms with Crippen molar-refractivity contribution < 1.29 is 29.0 Å². The van der Waals surface area contributed by atoms with Gasteiger partial charge in [-0.05, 0) is 28.2 Å². The Morgan fingerprint density at radius 1 is 1.09 bits per heavy atom. The van der Waals surface area contributed by atoms with Crippen LogP contribution in [0.1, 0.15) is 43.7 Å². The number of nitrogens with zero attached hydrogens (tertiary/aromatic N) is 1. The third-order valence-corrected chi connectivity index (χ3v) is 7.26. The van der Waals surface area contributed by atoms with Crippen molar-refractivity contribution >= 4 is 18.0 Å². The second-order valence-corrected chi connectivity index (χ2v) is 9.27. The molecule has 2 aliphatic rings. The van der Waals surface area contributed by atoms with Crippen molar-refractivity contribution in [2.45, 2.75) is 50.8 Å². The molecule has 35 heavy (non-hydrogen) atoms. The summed E-state index contributed by atoms with van der Waals surface area (Å²) in [4.78, 5) is 39.3. The summed E-state index contributed by atoms with van der Waals surface area (Å²) in [5.41, 5.74) is 4.46. The van der Waals surface area contributed by atoms with E-state index >= 15 is 0 Å². The molecule has 186 valence electrons. The summed E-state index contributed by atoms with van der Waals surface area (Å²) >= 11 is 0. The van der Waals surface area contributed by atoms with Crippen molar-refractivity contribution in [1.82, 2.24) is 10.2 Å². The molecule has 2 N–H and O–H groups in total. The number of ether oxygens (including phenoxy) is 2. The van der Waals surface area contributed by atoms with Crippen molar-refractivity contribution in [3.05, 3.63) is 59.7 Å². The van der Waals surface area contributed by atoms with Crippen LogP contribution in [0.4, 0.5) is 4.79 Å². The Hall–Kier alpha value is -3.39. The van der Waals surface area contributed by atoms with Crippen molar-refractivity contribution in [1.29, 1.82) is 0 Å². The standard InChI is InChI=1S/C27H32N2O6/c1-4-16(2)24(25(30)29-14-17(34-3)13-23(29)26(31)32)28-27(33)35-15-22-20-11-7-5-9-18(20)19-10-6-8-12-21(19)22/h5-12,16-17,22-24H,4,13-15H2,1-3H3,(H,28,33)(H,31,32)/t16-,17?,23?,24-/m0/s1. The first-order chi connectivity index (χ1) is 16.8. The summed E-state index contributed by atoms with van der Waals surface area (Å²) in [7, 11) is 1.50. The number of hydrogen-bond acceptors (Lipinski definition) is 5. The van der Waals surface area contributed by atoms with Crippen molar-refractivity contribution in [3.8, 4) is 11.1 Å². The van der Waals surface area contributed by atoms with Gasteiger partial charge in [-0.1, -0.05) is 68.8 Å². The monoisotopic (exact) mass is 480 g/mol. The third kappa shape index (κ3) is 4.89. The van der Waals surface area contributed by atoms with Crippen molar-refractivity contribution in [2.75, 3.05) is 20.3 Å². The van der Waals surface area contributed by atoms with E-state index in [4.69, 9.17) is 9.47 Å². The number of carbonyl (C=O) groups excluding carboxylic acids is 2. The lowest BCUT2D eigenvalue weighted by molar-refractivity contribution is -0.149. The Balaban J connectivity index is 1.46. The minimum atomic E-state index is -1.08. The van der Waals surface area contributed by atoms with Crippen LogP contribution in [0.5, 0.6) is 0 Å². The molecular weight excluding hydrogens is 448 g/mol. The molecule has 2 aromatic carbocycles. The van der Waals surface area contributed by atoms with Gasteiger partial charge in [0.05, 0.1) is 6.10 Å². The number of rotatable bonds is 8. The summed E-state index contributed by atoms with van der Waals surface area (Å²) in [6.45, 7) is 4.08. The van der Waals surface area contributed by atoms with Gasteiger partial charge in [-0.2, -0.15) is 0 Å². The number of methoxy groups -OCH3 is 1. The van der Waals surface area contributed by atoms with Gasteiger partial charge in [0, 0.05) is 26.0 Å². The molecule has 1 saturated heterocycles. The SMILES string of the molecule is CC[C@H](C)[C@H](NC(=O)OCC1c2ccccc2-c2ccccc21)C(=O)N1CC(OC)CC1C(=O)O. The molecule has 0 spiro atoms. The van der Waals surface area contributed by atoms with Crippen LogP contribution in [-0.2, 0) is 19.1 Å². The highest BCUT2D eigenvalue weighted by Gasteiger charge is 2.43. The molecule has 2 amide bonds. The molecule has 0 saturated carbocycles. The molecule has 8 nitrogen and oxygen atoms in total. The molecule has 1 heterocycles. The lowest BCUT2D eigenvalue weighted by Gasteiger charge is -2.30. The maximum atomic E-state index is 13.4. The van der Waals surface area contributed by atoms with E-state index in [0.29, 0.717) is 6.42 Å². The lowest BCUT2D eigenvalue weighted by Crippen LogP contribution is -2.54. The number of alkyl carbamates (subject to hydrolysis) is 1. The zero-order valence-electron chi connectivity index (χ0n) is 20.3. The maximum Gasteiger partial charge on any atom is 0.407 e. The Bertz CT molecular complexity index is 1060. The molecule has 2 aromatic rings. The number of aliphatic carboxylic acids is 1. The minimum Gasteiger partial charge on any atom is -0.480 e. The fraction of sp³-hybridized carbons (Fsp3) is 0.444. The third-order valence-electron chi connectivity index (χ3n) is 7.26. The van der Waals surface area contributed by atoms with Gasteiger partial charge in [-0.25, -0.2) is 9.59 Å². The number of carboxylic acids is 1.